The van der Waals surface area contributed by atoms with E-state index in [1.54, 1.807) is 12.3 Å². The summed E-state index contributed by atoms with van der Waals surface area (Å²) in [5.41, 5.74) is 1.42. The zero-order valence-corrected chi connectivity index (χ0v) is 7.77. The van der Waals surface area contributed by atoms with E-state index >= 15 is 0 Å². The zero-order chi connectivity index (χ0) is 9.97. The van der Waals surface area contributed by atoms with E-state index in [4.69, 9.17) is 4.74 Å². The predicted octanol–water partition coefficient (Wildman–Crippen LogP) is 1.74. The molecule has 2 heterocycles. The molecule has 0 amide bonds. The molecule has 72 valence electrons. The zero-order valence-electron chi connectivity index (χ0n) is 7.77. The molecule has 3 heteroatoms. The smallest absolute Gasteiger partial charge is 0.357 e. The summed E-state index contributed by atoms with van der Waals surface area (Å²) >= 11 is 0. The average Bonchev–Trinajstić information content (AvgIpc) is 2.18. The van der Waals surface area contributed by atoms with E-state index in [1.807, 2.05) is 12.1 Å². The fourth-order valence-corrected chi connectivity index (χ4v) is 1.60. The second kappa shape index (κ2) is 3.62. The highest BCUT2D eigenvalue weighted by Gasteiger charge is 2.25. The van der Waals surface area contributed by atoms with Crippen LogP contribution in [0.1, 0.15) is 22.5 Å². The molecule has 0 spiro atoms. The minimum atomic E-state index is -0.321. The summed E-state index contributed by atoms with van der Waals surface area (Å²) < 4.78 is 5.18. The van der Waals surface area contributed by atoms with Crippen LogP contribution < -0.4 is 0 Å². The lowest BCUT2D eigenvalue weighted by Gasteiger charge is -2.22. The Morgan fingerprint density at radius 1 is 1.71 bits per heavy atom. The minimum Gasteiger partial charge on any atom is -0.457 e. The summed E-state index contributed by atoms with van der Waals surface area (Å²) in [6, 6.07) is 3.75. The number of nitrogens with zero attached hydrogens (tertiary/aromatic N) is 1. The van der Waals surface area contributed by atoms with Gasteiger partial charge >= 0.3 is 5.97 Å². The highest BCUT2D eigenvalue weighted by molar-refractivity contribution is 5.89. The number of pyridine rings is 1. The molecule has 1 aromatic heterocycles. The number of ether oxygens (including phenoxy) is 1. The summed E-state index contributed by atoms with van der Waals surface area (Å²) in [4.78, 5) is 15.4. The topological polar surface area (TPSA) is 39.2 Å². The van der Waals surface area contributed by atoms with Gasteiger partial charge in [-0.1, -0.05) is 12.1 Å². The van der Waals surface area contributed by atoms with Crippen LogP contribution in [0.5, 0.6) is 0 Å². The van der Waals surface area contributed by atoms with Crippen molar-refractivity contribution in [3.63, 3.8) is 0 Å². The molecule has 14 heavy (non-hydrogen) atoms. The van der Waals surface area contributed by atoms with Crippen LogP contribution in [0.25, 0.3) is 0 Å². The van der Waals surface area contributed by atoms with Crippen molar-refractivity contribution in [1.82, 2.24) is 4.98 Å². The van der Waals surface area contributed by atoms with Gasteiger partial charge in [-0.3, -0.25) is 0 Å². The number of fused-ring (bicyclic) bond motifs is 1. The molecule has 0 radical (unpaired) electrons. The van der Waals surface area contributed by atoms with Crippen molar-refractivity contribution in [2.75, 3.05) is 0 Å². The number of cyclic esters (lactones) is 1. The van der Waals surface area contributed by atoms with Crippen molar-refractivity contribution in [2.45, 2.75) is 18.9 Å². The van der Waals surface area contributed by atoms with Crippen LogP contribution in [0.3, 0.4) is 0 Å². The fourth-order valence-electron chi connectivity index (χ4n) is 1.60. The van der Waals surface area contributed by atoms with Crippen LogP contribution in [0.4, 0.5) is 0 Å². The summed E-state index contributed by atoms with van der Waals surface area (Å²) in [5.74, 6) is -0.321. The van der Waals surface area contributed by atoms with Crippen LogP contribution in [-0.2, 0) is 11.2 Å². The van der Waals surface area contributed by atoms with Crippen molar-refractivity contribution in [2.24, 2.45) is 0 Å². The molecule has 0 fully saturated rings. The number of aromatic nitrogens is 1. The Hall–Kier alpha value is -1.64. The molecule has 1 aliphatic heterocycles. The molecule has 2 rings (SSSR count). The molecular formula is C11H11NO2. The number of esters is 1. The third-order valence-electron chi connectivity index (χ3n) is 2.24. The summed E-state index contributed by atoms with van der Waals surface area (Å²) in [7, 11) is 0. The van der Waals surface area contributed by atoms with Crippen molar-refractivity contribution in [1.29, 1.82) is 0 Å². The second-order valence-electron chi connectivity index (χ2n) is 3.27. The molecule has 1 aromatic rings. The van der Waals surface area contributed by atoms with Gasteiger partial charge in [-0.2, -0.15) is 0 Å². The third kappa shape index (κ3) is 1.53. The summed E-state index contributed by atoms with van der Waals surface area (Å²) in [6.45, 7) is 3.63. The maximum absolute atomic E-state index is 11.5. The first-order chi connectivity index (χ1) is 6.81. The number of hydrogen-bond acceptors (Lipinski definition) is 3. The van der Waals surface area contributed by atoms with Crippen molar-refractivity contribution in [3.8, 4) is 0 Å². The van der Waals surface area contributed by atoms with Crippen molar-refractivity contribution < 1.29 is 9.53 Å². The van der Waals surface area contributed by atoms with Gasteiger partial charge in [0.25, 0.3) is 0 Å². The second-order valence-corrected chi connectivity index (χ2v) is 3.27. The molecule has 3 nitrogen and oxygen atoms in total. The van der Waals surface area contributed by atoms with Crippen LogP contribution in [0.15, 0.2) is 31.0 Å². The Morgan fingerprint density at radius 2 is 2.57 bits per heavy atom. The molecule has 0 aliphatic carbocycles. The largest absolute Gasteiger partial charge is 0.457 e. The number of carbonyl (C=O) groups excluding carboxylic acids is 1. The van der Waals surface area contributed by atoms with Crippen LogP contribution in [0.2, 0.25) is 0 Å². The molecule has 1 aliphatic rings. The first-order valence-corrected chi connectivity index (χ1v) is 4.57. The first-order valence-electron chi connectivity index (χ1n) is 4.57. The maximum Gasteiger partial charge on any atom is 0.357 e. The van der Waals surface area contributed by atoms with Crippen LogP contribution >= 0.6 is 0 Å². The molecular weight excluding hydrogens is 178 g/mol. The quantitative estimate of drug-likeness (QED) is 0.525. The van der Waals surface area contributed by atoms with E-state index in [0.717, 1.165) is 12.0 Å². The van der Waals surface area contributed by atoms with E-state index < -0.39 is 0 Å². The molecule has 0 aromatic carbocycles. The van der Waals surface area contributed by atoms with E-state index in [0.29, 0.717) is 12.1 Å². The molecule has 1 atom stereocenters. The van der Waals surface area contributed by atoms with Gasteiger partial charge in [0.1, 0.15) is 6.10 Å². The average molecular weight is 189 g/mol. The third-order valence-corrected chi connectivity index (χ3v) is 2.24. The van der Waals surface area contributed by atoms with Crippen molar-refractivity contribution >= 4 is 5.97 Å². The number of rotatable bonds is 2. The minimum absolute atomic E-state index is 0.0725. The summed E-state index contributed by atoms with van der Waals surface area (Å²) in [6.07, 6.45) is 4.73. The van der Waals surface area contributed by atoms with E-state index in [2.05, 4.69) is 11.6 Å². The lowest BCUT2D eigenvalue weighted by atomic mass is 10.0. The molecule has 0 bridgehead atoms. The molecule has 0 saturated heterocycles. The lowest BCUT2D eigenvalue weighted by molar-refractivity contribution is 0.0256. The van der Waals surface area contributed by atoms with Gasteiger partial charge in [-0.05, 0) is 11.6 Å². The Balaban J connectivity index is 2.28. The molecule has 0 saturated carbocycles. The first kappa shape index (κ1) is 8.94. The normalized spacial score (nSPS) is 19.7. The van der Waals surface area contributed by atoms with Gasteiger partial charge in [-0.15, -0.1) is 6.58 Å². The van der Waals surface area contributed by atoms with Crippen molar-refractivity contribution in [3.05, 3.63) is 42.2 Å². The summed E-state index contributed by atoms with van der Waals surface area (Å²) in [5, 5.41) is 0. The van der Waals surface area contributed by atoms with E-state index in [1.165, 1.54) is 0 Å². The van der Waals surface area contributed by atoms with Gasteiger partial charge in [0.05, 0.1) is 0 Å². The van der Waals surface area contributed by atoms with Gasteiger partial charge in [0.2, 0.25) is 0 Å². The van der Waals surface area contributed by atoms with E-state index in [9.17, 15) is 4.79 Å². The number of carbonyl (C=O) groups is 1. The Labute approximate surface area is 82.4 Å². The van der Waals surface area contributed by atoms with Crippen LogP contribution in [0, 0.1) is 0 Å². The molecule has 0 N–H and O–H groups in total. The highest BCUT2D eigenvalue weighted by Crippen LogP contribution is 2.20. The lowest BCUT2D eigenvalue weighted by Crippen LogP contribution is -2.28. The SMILES string of the molecule is C=CCC1Cc2cccnc2C(=O)O1. The Morgan fingerprint density at radius 3 is 3.36 bits per heavy atom. The van der Waals surface area contributed by atoms with E-state index in [-0.39, 0.29) is 12.1 Å². The Kier molecular flexibility index (Phi) is 2.31. The number of hydrogen-bond donors (Lipinski definition) is 0. The molecule has 1 unspecified atom stereocenters. The van der Waals surface area contributed by atoms with Crippen LogP contribution in [-0.4, -0.2) is 17.1 Å². The highest BCUT2D eigenvalue weighted by atomic mass is 16.5. The maximum atomic E-state index is 11.5. The Bertz CT molecular complexity index is 373. The van der Waals surface area contributed by atoms with Gasteiger partial charge in [0.15, 0.2) is 5.69 Å². The predicted molar refractivity (Wildman–Crippen MR) is 52.0 cm³/mol. The monoisotopic (exact) mass is 189 g/mol. The van der Waals surface area contributed by atoms with Gasteiger partial charge in [0, 0.05) is 19.0 Å². The fraction of sp³-hybridized carbons (Fsp3) is 0.273. The standard InChI is InChI=1S/C11H11NO2/c1-2-4-9-7-8-5-3-6-12-10(8)11(13)14-9/h2-3,5-6,9H,1,4,7H2. The van der Waals surface area contributed by atoms with Gasteiger partial charge < -0.3 is 4.74 Å². The van der Waals surface area contributed by atoms with Gasteiger partial charge in [-0.25, -0.2) is 9.78 Å².